The van der Waals surface area contributed by atoms with Gasteiger partial charge in [-0.2, -0.15) is 13.7 Å². The van der Waals surface area contributed by atoms with E-state index < -0.39 is 16.0 Å². The molecule has 1 N–H and O–H groups in total. The number of carbonyl (C=O) groups is 1. The van der Waals surface area contributed by atoms with Gasteiger partial charge in [-0.25, -0.2) is 0 Å². The van der Waals surface area contributed by atoms with Crippen LogP contribution in [0.25, 0.3) is 6.08 Å². The minimum atomic E-state index is -4.16. The molecule has 0 bridgehead atoms. The van der Waals surface area contributed by atoms with Gasteiger partial charge in [0.1, 0.15) is 22.3 Å². The van der Waals surface area contributed by atoms with Crippen LogP contribution in [0.1, 0.15) is 11.1 Å². The molecule has 0 aliphatic rings. The topological polar surface area (TPSA) is 96.3 Å². The number of amides is 1. The van der Waals surface area contributed by atoms with Crippen LogP contribution >= 0.6 is 27.5 Å². The molecule has 0 saturated heterocycles. The lowest BCUT2D eigenvalue weighted by molar-refractivity contribution is -0.117. The predicted octanol–water partition coefficient (Wildman–Crippen LogP) is 5.09. The van der Waals surface area contributed by atoms with E-state index in [9.17, 15) is 18.5 Å². The Morgan fingerprint density at radius 3 is 2.44 bits per heavy atom. The molecule has 1 amide bonds. The fraction of sp³-hybridized carbons (Fsp3) is 0.0435. The van der Waals surface area contributed by atoms with Crippen molar-refractivity contribution in [2.45, 2.75) is 11.4 Å². The molecule has 0 heterocycles. The van der Waals surface area contributed by atoms with Crippen molar-refractivity contribution in [3.8, 4) is 11.8 Å². The predicted molar refractivity (Wildman–Crippen MR) is 125 cm³/mol. The summed E-state index contributed by atoms with van der Waals surface area (Å²) in [6.07, 6.45) is 1.28. The van der Waals surface area contributed by atoms with E-state index in [0.29, 0.717) is 9.50 Å². The summed E-state index contributed by atoms with van der Waals surface area (Å²) in [4.78, 5) is 12.4. The standard InChI is InChI=1S/C23H16BrClN2O4S/c24-19-6-11-22(31-32(29,30)21-9-7-20(25)8-10-21)17(13-19)12-18(14-26)23(28)27-15-16-4-2-1-3-5-16/h1-13H,15H2,(H,27,28)/b18-12+. The van der Waals surface area contributed by atoms with Crippen molar-refractivity contribution >= 4 is 49.6 Å². The van der Waals surface area contributed by atoms with Gasteiger partial charge >= 0.3 is 10.1 Å². The van der Waals surface area contributed by atoms with Crippen LogP contribution in [0.3, 0.4) is 0 Å². The van der Waals surface area contributed by atoms with E-state index in [1.807, 2.05) is 36.4 Å². The second-order valence-corrected chi connectivity index (χ2v) is 9.41. The molecule has 0 fully saturated rings. The molecule has 0 aliphatic carbocycles. The van der Waals surface area contributed by atoms with Gasteiger partial charge in [0.15, 0.2) is 0 Å². The monoisotopic (exact) mass is 530 g/mol. The number of rotatable bonds is 7. The number of hydrogen-bond acceptors (Lipinski definition) is 5. The molecule has 0 saturated carbocycles. The fourth-order valence-electron chi connectivity index (χ4n) is 2.65. The molecule has 32 heavy (non-hydrogen) atoms. The summed E-state index contributed by atoms with van der Waals surface area (Å²) in [5, 5.41) is 12.5. The lowest BCUT2D eigenvalue weighted by Crippen LogP contribution is -2.23. The lowest BCUT2D eigenvalue weighted by atomic mass is 10.1. The second kappa shape index (κ2) is 10.5. The van der Waals surface area contributed by atoms with Gasteiger partial charge in [-0.1, -0.05) is 57.9 Å². The highest BCUT2D eigenvalue weighted by Crippen LogP contribution is 2.29. The maximum Gasteiger partial charge on any atom is 0.339 e. The van der Waals surface area contributed by atoms with Crippen LogP contribution in [0.2, 0.25) is 5.02 Å². The van der Waals surface area contributed by atoms with E-state index in [0.717, 1.165) is 5.56 Å². The SMILES string of the molecule is N#C/C(=C\c1cc(Br)ccc1OS(=O)(=O)c1ccc(Cl)cc1)C(=O)NCc1ccccc1. The first kappa shape index (κ1) is 23.5. The van der Waals surface area contributed by atoms with Crippen LogP contribution in [-0.2, 0) is 21.5 Å². The van der Waals surface area contributed by atoms with Crippen LogP contribution in [0.5, 0.6) is 5.75 Å². The van der Waals surface area contributed by atoms with E-state index >= 15 is 0 Å². The molecule has 0 aromatic heterocycles. The third-order valence-corrected chi connectivity index (χ3v) is 6.23. The van der Waals surface area contributed by atoms with Crippen LogP contribution in [0, 0.1) is 11.3 Å². The zero-order valence-electron chi connectivity index (χ0n) is 16.5. The Kier molecular flexibility index (Phi) is 7.70. The summed E-state index contributed by atoms with van der Waals surface area (Å²) < 4.78 is 31.2. The van der Waals surface area contributed by atoms with Crippen molar-refractivity contribution in [2.24, 2.45) is 0 Å². The molecule has 3 rings (SSSR count). The summed E-state index contributed by atoms with van der Waals surface area (Å²) in [5.74, 6) is -0.630. The third-order valence-electron chi connectivity index (χ3n) is 4.23. The van der Waals surface area contributed by atoms with Crippen LogP contribution in [0.15, 0.2) is 87.7 Å². The van der Waals surface area contributed by atoms with Gasteiger partial charge in [0.05, 0.1) is 0 Å². The molecule has 0 spiro atoms. The van der Waals surface area contributed by atoms with E-state index in [1.165, 1.54) is 36.4 Å². The Hall–Kier alpha value is -3.12. The summed E-state index contributed by atoms with van der Waals surface area (Å²) in [7, 11) is -4.16. The number of nitriles is 1. The van der Waals surface area contributed by atoms with Gasteiger partial charge in [0.2, 0.25) is 0 Å². The van der Waals surface area contributed by atoms with Crippen molar-refractivity contribution < 1.29 is 17.4 Å². The molecule has 0 atom stereocenters. The van der Waals surface area contributed by atoms with Crippen molar-refractivity contribution in [3.05, 3.63) is 99.0 Å². The molecular formula is C23H16BrClN2O4S. The van der Waals surface area contributed by atoms with Crippen molar-refractivity contribution in [1.29, 1.82) is 5.26 Å². The van der Waals surface area contributed by atoms with Crippen LogP contribution in [0.4, 0.5) is 0 Å². The number of hydrogen-bond donors (Lipinski definition) is 1. The quantitative estimate of drug-likeness (QED) is 0.260. The zero-order valence-corrected chi connectivity index (χ0v) is 19.6. The Morgan fingerprint density at radius 1 is 1.09 bits per heavy atom. The number of nitrogens with one attached hydrogen (secondary N) is 1. The maximum atomic E-state index is 12.7. The molecule has 6 nitrogen and oxygen atoms in total. The van der Waals surface area contributed by atoms with Crippen LogP contribution < -0.4 is 9.50 Å². The first-order valence-electron chi connectivity index (χ1n) is 9.22. The molecule has 3 aromatic carbocycles. The Balaban J connectivity index is 1.87. The van der Waals surface area contributed by atoms with Gasteiger partial charge in [0.25, 0.3) is 5.91 Å². The van der Waals surface area contributed by atoms with E-state index in [-0.39, 0.29) is 28.3 Å². The van der Waals surface area contributed by atoms with E-state index in [4.69, 9.17) is 15.8 Å². The molecule has 0 aliphatic heterocycles. The fourth-order valence-corrected chi connectivity index (χ4v) is 4.11. The third kappa shape index (κ3) is 6.20. The van der Waals surface area contributed by atoms with Crippen molar-refractivity contribution in [1.82, 2.24) is 5.32 Å². The highest BCUT2D eigenvalue weighted by molar-refractivity contribution is 9.10. The number of carbonyl (C=O) groups excluding carboxylic acids is 1. The largest absolute Gasteiger partial charge is 0.378 e. The van der Waals surface area contributed by atoms with Crippen molar-refractivity contribution in [2.75, 3.05) is 0 Å². The average Bonchev–Trinajstić information content (AvgIpc) is 2.78. The zero-order chi connectivity index (χ0) is 23.1. The van der Waals surface area contributed by atoms with Gasteiger partial charge in [-0.3, -0.25) is 4.79 Å². The Bertz CT molecular complexity index is 1300. The molecule has 3 aromatic rings. The Morgan fingerprint density at radius 2 is 1.78 bits per heavy atom. The molecule has 0 radical (unpaired) electrons. The van der Waals surface area contributed by atoms with Gasteiger partial charge in [-0.15, -0.1) is 0 Å². The lowest BCUT2D eigenvalue weighted by Gasteiger charge is -2.11. The van der Waals surface area contributed by atoms with Gasteiger partial charge < -0.3 is 9.50 Å². The first-order chi connectivity index (χ1) is 15.3. The average molecular weight is 532 g/mol. The van der Waals surface area contributed by atoms with E-state index in [2.05, 4.69) is 21.2 Å². The maximum absolute atomic E-state index is 12.7. The summed E-state index contributed by atoms with van der Waals surface area (Å²) in [6.45, 7) is 0.242. The smallest absolute Gasteiger partial charge is 0.339 e. The molecule has 0 unspecified atom stereocenters. The highest BCUT2D eigenvalue weighted by atomic mass is 79.9. The molecular weight excluding hydrogens is 516 g/mol. The minimum Gasteiger partial charge on any atom is -0.378 e. The highest BCUT2D eigenvalue weighted by Gasteiger charge is 2.19. The molecule has 162 valence electrons. The van der Waals surface area contributed by atoms with Gasteiger partial charge in [-0.05, 0) is 54.1 Å². The number of nitrogens with zero attached hydrogens (tertiary/aromatic N) is 1. The van der Waals surface area contributed by atoms with E-state index in [1.54, 1.807) is 12.1 Å². The first-order valence-corrected chi connectivity index (χ1v) is 11.8. The Labute approximate surface area is 199 Å². The summed E-state index contributed by atoms with van der Waals surface area (Å²) in [6, 6.07) is 21.2. The summed E-state index contributed by atoms with van der Waals surface area (Å²) >= 11 is 9.12. The normalized spacial score (nSPS) is 11.5. The second-order valence-electron chi connectivity index (χ2n) is 6.51. The number of benzene rings is 3. The molecule has 9 heteroatoms. The minimum absolute atomic E-state index is 0.0354. The van der Waals surface area contributed by atoms with Crippen molar-refractivity contribution in [3.63, 3.8) is 0 Å². The number of halogens is 2. The summed E-state index contributed by atoms with van der Waals surface area (Å²) in [5.41, 5.74) is 0.912. The van der Waals surface area contributed by atoms with Gasteiger partial charge in [0, 0.05) is 21.6 Å². The van der Waals surface area contributed by atoms with Crippen LogP contribution in [-0.4, -0.2) is 14.3 Å².